The van der Waals surface area contributed by atoms with Crippen LogP contribution in [0.15, 0.2) is 59.5 Å². The van der Waals surface area contributed by atoms with E-state index in [0.29, 0.717) is 5.75 Å². The van der Waals surface area contributed by atoms with Gasteiger partial charge in [-0.2, -0.15) is 0 Å². The maximum atomic E-state index is 11.0. The highest BCUT2D eigenvalue weighted by Gasteiger charge is 2.02. The summed E-state index contributed by atoms with van der Waals surface area (Å²) < 4.78 is 4.61. The zero-order valence-electron chi connectivity index (χ0n) is 10.1. The highest BCUT2D eigenvalue weighted by Crippen LogP contribution is 2.23. The fourth-order valence-corrected chi connectivity index (χ4v) is 2.31. The average molecular weight is 258 g/mol. The first kappa shape index (κ1) is 12.7. The predicted octanol–water partition coefficient (Wildman–Crippen LogP) is 3.62. The van der Waals surface area contributed by atoms with E-state index in [4.69, 9.17) is 0 Å². The highest BCUT2D eigenvalue weighted by atomic mass is 32.2. The molecule has 0 heterocycles. The molecule has 2 rings (SSSR count). The Bertz CT molecular complexity index is 506. The maximum absolute atomic E-state index is 11.0. The van der Waals surface area contributed by atoms with Crippen LogP contribution in [0.1, 0.15) is 0 Å². The van der Waals surface area contributed by atoms with Crippen molar-refractivity contribution in [2.24, 2.45) is 0 Å². The Morgan fingerprint density at radius 1 is 1.00 bits per heavy atom. The molecule has 0 saturated heterocycles. The van der Waals surface area contributed by atoms with Crippen molar-refractivity contribution in [1.29, 1.82) is 0 Å². The van der Waals surface area contributed by atoms with Gasteiger partial charge in [-0.1, -0.05) is 42.5 Å². The molecule has 2 nitrogen and oxygen atoms in total. The number of esters is 1. The van der Waals surface area contributed by atoms with Crippen LogP contribution in [0.25, 0.3) is 11.1 Å². The van der Waals surface area contributed by atoms with Gasteiger partial charge in [0, 0.05) is 4.90 Å². The summed E-state index contributed by atoms with van der Waals surface area (Å²) in [5, 5.41) is 0. The zero-order chi connectivity index (χ0) is 12.8. The second-order valence-electron chi connectivity index (χ2n) is 3.76. The molecule has 0 aliphatic heterocycles. The number of methoxy groups -OCH3 is 1. The van der Waals surface area contributed by atoms with Crippen LogP contribution in [0.5, 0.6) is 0 Å². The van der Waals surface area contributed by atoms with Gasteiger partial charge in [0.05, 0.1) is 12.9 Å². The maximum Gasteiger partial charge on any atom is 0.315 e. The first-order valence-corrected chi connectivity index (χ1v) is 6.63. The first-order chi connectivity index (χ1) is 8.79. The predicted molar refractivity (Wildman–Crippen MR) is 74.6 cm³/mol. The molecule has 0 aliphatic carbocycles. The Balaban J connectivity index is 2.04. The van der Waals surface area contributed by atoms with Crippen LogP contribution in [-0.4, -0.2) is 18.8 Å². The smallest absolute Gasteiger partial charge is 0.315 e. The van der Waals surface area contributed by atoms with E-state index in [2.05, 4.69) is 29.0 Å². The van der Waals surface area contributed by atoms with E-state index >= 15 is 0 Å². The summed E-state index contributed by atoms with van der Waals surface area (Å²) in [6.45, 7) is 0. The topological polar surface area (TPSA) is 26.3 Å². The van der Waals surface area contributed by atoms with E-state index in [-0.39, 0.29) is 5.97 Å². The average Bonchev–Trinajstić information content (AvgIpc) is 2.46. The van der Waals surface area contributed by atoms with Crippen molar-refractivity contribution in [2.45, 2.75) is 4.90 Å². The molecule has 0 bridgehead atoms. The molecule has 0 amide bonds. The number of rotatable bonds is 4. The molecule has 0 radical (unpaired) electrons. The van der Waals surface area contributed by atoms with Gasteiger partial charge < -0.3 is 4.74 Å². The molecule has 92 valence electrons. The largest absolute Gasteiger partial charge is 0.468 e. The molecule has 0 aromatic heterocycles. The van der Waals surface area contributed by atoms with Crippen LogP contribution < -0.4 is 0 Å². The van der Waals surface area contributed by atoms with Gasteiger partial charge >= 0.3 is 5.97 Å². The fourth-order valence-electron chi connectivity index (χ4n) is 1.58. The number of hydrogen-bond donors (Lipinski definition) is 0. The standard InChI is InChI=1S/C15H14O2S/c1-17-15(16)11-18-14-9-7-13(8-10-14)12-5-3-2-4-6-12/h2-10H,11H2,1H3. The van der Waals surface area contributed by atoms with E-state index in [0.717, 1.165) is 4.90 Å². The lowest BCUT2D eigenvalue weighted by Crippen LogP contribution is -2.02. The lowest BCUT2D eigenvalue weighted by Gasteiger charge is -2.04. The van der Waals surface area contributed by atoms with Crippen LogP contribution in [0, 0.1) is 0 Å². The van der Waals surface area contributed by atoms with E-state index in [1.165, 1.54) is 30.0 Å². The summed E-state index contributed by atoms with van der Waals surface area (Å²) in [5.74, 6) is 0.147. The van der Waals surface area contributed by atoms with Crippen molar-refractivity contribution in [3.63, 3.8) is 0 Å². The molecule has 18 heavy (non-hydrogen) atoms. The van der Waals surface area contributed by atoms with Crippen LogP contribution in [-0.2, 0) is 9.53 Å². The number of carbonyl (C=O) groups excluding carboxylic acids is 1. The SMILES string of the molecule is COC(=O)CSc1ccc(-c2ccccc2)cc1. The lowest BCUT2D eigenvalue weighted by atomic mass is 10.1. The summed E-state index contributed by atoms with van der Waals surface area (Å²) in [7, 11) is 1.40. The number of carbonyl (C=O) groups is 1. The quantitative estimate of drug-likeness (QED) is 0.619. The normalized spacial score (nSPS) is 10.1. The summed E-state index contributed by atoms with van der Waals surface area (Å²) in [5.41, 5.74) is 2.38. The second kappa shape index (κ2) is 6.26. The molecule has 0 fully saturated rings. The Kier molecular flexibility index (Phi) is 4.42. The minimum atomic E-state index is -0.202. The van der Waals surface area contributed by atoms with Crippen molar-refractivity contribution in [3.8, 4) is 11.1 Å². The number of benzene rings is 2. The Hall–Kier alpha value is -1.74. The molecule has 0 N–H and O–H groups in total. The van der Waals surface area contributed by atoms with Crippen molar-refractivity contribution in [3.05, 3.63) is 54.6 Å². The molecular weight excluding hydrogens is 244 g/mol. The van der Waals surface area contributed by atoms with Crippen molar-refractivity contribution in [2.75, 3.05) is 12.9 Å². The van der Waals surface area contributed by atoms with Crippen molar-refractivity contribution in [1.82, 2.24) is 0 Å². The van der Waals surface area contributed by atoms with Gasteiger partial charge in [-0.3, -0.25) is 4.79 Å². The molecule has 0 saturated carbocycles. The van der Waals surface area contributed by atoms with Crippen molar-refractivity contribution >= 4 is 17.7 Å². The Morgan fingerprint density at radius 3 is 2.22 bits per heavy atom. The van der Waals surface area contributed by atoms with Crippen LogP contribution in [0.4, 0.5) is 0 Å². The van der Waals surface area contributed by atoms with E-state index in [1.807, 2.05) is 30.3 Å². The second-order valence-corrected chi connectivity index (χ2v) is 4.80. The fraction of sp³-hybridized carbons (Fsp3) is 0.133. The van der Waals surface area contributed by atoms with Crippen LogP contribution in [0.3, 0.4) is 0 Å². The van der Waals surface area contributed by atoms with Gasteiger partial charge in [0.2, 0.25) is 0 Å². The lowest BCUT2D eigenvalue weighted by molar-refractivity contribution is -0.137. The van der Waals surface area contributed by atoms with Gasteiger partial charge in [0.15, 0.2) is 0 Å². The third-order valence-corrected chi connectivity index (χ3v) is 3.53. The third kappa shape index (κ3) is 3.37. The van der Waals surface area contributed by atoms with Gasteiger partial charge in [0.1, 0.15) is 0 Å². The van der Waals surface area contributed by atoms with E-state index in [9.17, 15) is 4.79 Å². The summed E-state index contributed by atoms with van der Waals surface area (Å²) >= 11 is 1.48. The van der Waals surface area contributed by atoms with Crippen LogP contribution in [0.2, 0.25) is 0 Å². The minimum absolute atomic E-state index is 0.202. The molecule has 2 aromatic rings. The summed E-state index contributed by atoms with van der Waals surface area (Å²) in [4.78, 5) is 12.1. The number of thioether (sulfide) groups is 1. The summed E-state index contributed by atoms with van der Waals surface area (Å²) in [6.07, 6.45) is 0. The molecule has 2 aromatic carbocycles. The molecule has 3 heteroatoms. The Morgan fingerprint density at radius 2 is 1.61 bits per heavy atom. The minimum Gasteiger partial charge on any atom is -0.468 e. The summed E-state index contributed by atoms with van der Waals surface area (Å²) in [6, 6.07) is 18.4. The van der Waals surface area contributed by atoms with Crippen molar-refractivity contribution < 1.29 is 9.53 Å². The van der Waals surface area contributed by atoms with Gasteiger partial charge in [-0.05, 0) is 23.3 Å². The van der Waals surface area contributed by atoms with Gasteiger partial charge in [-0.15, -0.1) is 11.8 Å². The van der Waals surface area contributed by atoms with Gasteiger partial charge in [0.25, 0.3) is 0 Å². The molecule has 0 spiro atoms. The monoisotopic (exact) mass is 258 g/mol. The molecular formula is C15H14O2S. The molecule has 0 atom stereocenters. The number of hydrogen-bond acceptors (Lipinski definition) is 3. The highest BCUT2D eigenvalue weighted by molar-refractivity contribution is 8.00. The Labute approximate surface area is 111 Å². The van der Waals surface area contributed by atoms with E-state index < -0.39 is 0 Å². The van der Waals surface area contributed by atoms with Crippen LogP contribution >= 0.6 is 11.8 Å². The molecule has 0 aliphatic rings. The van der Waals surface area contributed by atoms with Gasteiger partial charge in [-0.25, -0.2) is 0 Å². The third-order valence-electron chi connectivity index (χ3n) is 2.55. The first-order valence-electron chi connectivity index (χ1n) is 5.64. The zero-order valence-corrected chi connectivity index (χ0v) is 10.9. The van der Waals surface area contributed by atoms with E-state index in [1.54, 1.807) is 0 Å². The number of ether oxygens (including phenoxy) is 1. The molecule has 0 unspecified atom stereocenters.